The van der Waals surface area contributed by atoms with Crippen LogP contribution in [0.15, 0.2) is 146 Å². The molecular formula is C50H56N2O11. The Labute approximate surface area is 368 Å². The lowest BCUT2D eigenvalue weighted by Crippen LogP contribution is -2.61. The molecule has 1 amide bonds. The summed E-state index contributed by atoms with van der Waals surface area (Å²) in [5.74, 6) is -0.706. The third-order valence-electron chi connectivity index (χ3n) is 10.2. The molecule has 6 rings (SSSR count). The first kappa shape index (κ1) is 46.5. The normalized spacial score (nSPS) is 19.1. The minimum atomic E-state index is -0.794. The van der Waals surface area contributed by atoms with E-state index < -0.39 is 59.1 Å². The van der Waals surface area contributed by atoms with Crippen LogP contribution in [0.4, 0.5) is 10.5 Å². The molecule has 13 heteroatoms. The second kappa shape index (κ2) is 23.5. The van der Waals surface area contributed by atoms with Crippen molar-refractivity contribution in [3.63, 3.8) is 0 Å². The van der Waals surface area contributed by atoms with Crippen LogP contribution in [0.25, 0.3) is 0 Å². The third kappa shape index (κ3) is 15.1. The number of nitro groups is 1. The number of benzene rings is 5. The fourth-order valence-electron chi connectivity index (χ4n) is 7.13. The Kier molecular flexibility index (Phi) is 17.3. The molecule has 0 aromatic heterocycles. The Morgan fingerprint density at radius 1 is 0.651 bits per heavy atom. The van der Waals surface area contributed by atoms with E-state index in [1.165, 1.54) is 24.3 Å². The van der Waals surface area contributed by atoms with E-state index in [0.717, 1.165) is 22.3 Å². The fourth-order valence-corrected chi connectivity index (χ4v) is 7.13. The predicted molar refractivity (Wildman–Crippen MR) is 236 cm³/mol. The topological polar surface area (TPSA) is 154 Å². The Morgan fingerprint density at radius 2 is 1.11 bits per heavy atom. The molecule has 13 nitrogen and oxygen atoms in total. The van der Waals surface area contributed by atoms with Gasteiger partial charge in [0.15, 0.2) is 0 Å². The van der Waals surface area contributed by atoms with Crippen molar-refractivity contribution in [2.24, 2.45) is 0 Å². The zero-order chi connectivity index (χ0) is 44.4. The standard InChI is InChI=1S/C50H56N2O11/c1-50(2,3)63-49(54)51-41(34-61-48(53)40-24-27-42(28-25-40)52(55)56)26-29-43-45(58-31-37-18-10-5-11-19-37)47(60-33-39-22-14-7-15-23-39)46(59-32-38-20-12-6-13-21-38)44(62-43)35-57-30-36-16-8-4-9-17-36/h4-25,27-28,41,43-47H,26,29-35H2,1-3H3,(H,51,54)/t41-,43-,44+,45-,46-,47+/m0/s1. The molecule has 5 aromatic carbocycles. The van der Waals surface area contributed by atoms with Gasteiger partial charge in [0.1, 0.15) is 36.6 Å². The number of nitro benzene ring substituents is 1. The number of non-ortho nitro benzene ring substituents is 1. The lowest BCUT2D eigenvalue weighted by atomic mass is 9.91. The lowest BCUT2D eigenvalue weighted by Gasteiger charge is -2.46. The molecule has 5 aromatic rings. The average Bonchev–Trinajstić information content (AvgIpc) is 3.29. The van der Waals surface area contributed by atoms with Crippen LogP contribution in [0.5, 0.6) is 0 Å². The van der Waals surface area contributed by atoms with E-state index in [2.05, 4.69) is 5.32 Å². The van der Waals surface area contributed by atoms with Crippen LogP contribution in [-0.4, -0.2) is 72.4 Å². The fraction of sp³-hybridized carbons (Fsp3) is 0.360. The van der Waals surface area contributed by atoms with Gasteiger partial charge < -0.3 is 38.5 Å². The van der Waals surface area contributed by atoms with Crippen LogP contribution >= 0.6 is 0 Å². The Morgan fingerprint density at radius 3 is 1.59 bits per heavy atom. The van der Waals surface area contributed by atoms with Crippen molar-refractivity contribution < 1.29 is 47.7 Å². The van der Waals surface area contributed by atoms with Gasteiger partial charge >= 0.3 is 12.1 Å². The molecule has 1 saturated heterocycles. The van der Waals surface area contributed by atoms with Gasteiger partial charge in [-0.15, -0.1) is 0 Å². The van der Waals surface area contributed by atoms with Crippen molar-refractivity contribution in [2.45, 2.75) is 102 Å². The van der Waals surface area contributed by atoms with E-state index >= 15 is 0 Å². The predicted octanol–water partition coefficient (Wildman–Crippen LogP) is 9.17. The summed E-state index contributed by atoms with van der Waals surface area (Å²) in [6, 6.07) is 43.9. The zero-order valence-corrected chi connectivity index (χ0v) is 35.9. The molecule has 0 saturated carbocycles. The highest BCUT2D eigenvalue weighted by Crippen LogP contribution is 2.33. The van der Waals surface area contributed by atoms with Gasteiger partial charge in [-0.2, -0.15) is 0 Å². The monoisotopic (exact) mass is 860 g/mol. The number of carbonyl (C=O) groups excluding carboxylic acids is 2. The molecule has 0 spiro atoms. The van der Waals surface area contributed by atoms with Crippen molar-refractivity contribution in [1.29, 1.82) is 0 Å². The molecule has 0 unspecified atom stereocenters. The van der Waals surface area contributed by atoms with Crippen molar-refractivity contribution in [1.82, 2.24) is 5.32 Å². The molecular weight excluding hydrogens is 805 g/mol. The van der Waals surface area contributed by atoms with E-state index in [1.54, 1.807) is 20.8 Å². The molecule has 0 radical (unpaired) electrons. The van der Waals surface area contributed by atoms with Gasteiger partial charge in [-0.25, -0.2) is 9.59 Å². The van der Waals surface area contributed by atoms with E-state index in [9.17, 15) is 19.7 Å². The van der Waals surface area contributed by atoms with Crippen LogP contribution < -0.4 is 5.32 Å². The van der Waals surface area contributed by atoms with Gasteiger partial charge in [-0.3, -0.25) is 10.1 Å². The van der Waals surface area contributed by atoms with Crippen LogP contribution in [-0.2, 0) is 59.6 Å². The van der Waals surface area contributed by atoms with Crippen LogP contribution in [0, 0.1) is 10.1 Å². The molecule has 1 aliphatic heterocycles. The third-order valence-corrected chi connectivity index (χ3v) is 10.2. The molecule has 0 aliphatic carbocycles. The first-order chi connectivity index (χ1) is 30.5. The first-order valence-electron chi connectivity index (χ1n) is 21.2. The van der Waals surface area contributed by atoms with Crippen LogP contribution in [0.1, 0.15) is 66.2 Å². The number of alkyl carbamates (subject to hydrolysis) is 1. The summed E-state index contributed by atoms with van der Waals surface area (Å²) in [6.07, 6.45) is -3.31. The Balaban J connectivity index is 1.29. The summed E-state index contributed by atoms with van der Waals surface area (Å²) in [7, 11) is 0. The second-order valence-corrected chi connectivity index (χ2v) is 16.3. The quantitative estimate of drug-likeness (QED) is 0.0427. The first-order valence-corrected chi connectivity index (χ1v) is 21.2. The largest absolute Gasteiger partial charge is 0.460 e. The molecule has 332 valence electrons. The summed E-state index contributed by atoms with van der Waals surface area (Å²) in [4.78, 5) is 37.0. The molecule has 1 fully saturated rings. The number of esters is 1. The van der Waals surface area contributed by atoms with Gasteiger partial charge in [-0.1, -0.05) is 121 Å². The molecule has 6 atom stereocenters. The number of rotatable bonds is 21. The Hall–Kier alpha value is -5.96. The van der Waals surface area contributed by atoms with E-state index in [1.807, 2.05) is 121 Å². The van der Waals surface area contributed by atoms with E-state index in [0.29, 0.717) is 13.0 Å². The van der Waals surface area contributed by atoms with Gasteiger partial charge in [0.2, 0.25) is 0 Å². The average molecular weight is 861 g/mol. The lowest BCUT2D eigenvalue weighted by molar-refractivity contribution is -0.384. The van der Waals surface area contributed by atoms with Gasteiger partial charge in [-0.05, 0) is 68.0 Å². The molecule has 1 aliphatic rings. The summed E-state index contributed by atoms with van der Waals surface area (Å²) in [6.45, 7) is 6.38. The van der Waals surface area contributed by atoms with Crippen molar-refractivity contribution in [2.75, 3.05) is 13.2 Å². The number of nitrogens with zero attached hydrogens (tertiary/aromatic N) is 1. The summed E-state index contributed by atoms with van der Waals surface area (Å²) >= 11 is 0. The zero-order valence-electron chi connectivity index (χ0n) is 35.9. The maximum absolute atomic E-state index is 13.2. The highest BCUT2D eigenvalue weighted by atomic mass is 16.6. The number of hydrogen-bond acceptors (Lipinski definition) is 11. The van der Waals surface area contributed by atoms with Gasteiger partial charge in [0.25, 0.3) is 5.69 Å². The van der Waals surface area contributed by atoms with Gasteiger partial charge in [0.05, 0.1) is 55.7 Å². The highest BCUT2D eigenvalue weighted by molar-refractivity contribution is 5.89. The smallest absolute Gasteiger partial charge is 0.407 e. The van der Waals surface area contributed by atoms with Gasteiger partial charge in [0, 0.05) is 12.1 Å². The van der Waals surface area contributed by atoms with Crippen molar-refractivity contribution in [3.8, 4) is 0 Å². The minimum absolute atomic E-state index is 0.125. The maximum atomic E-state index is 13.2. The van der Waals surface area contributed by atoms with Crippen molar-refractivity contribution >= 4 is 17.7 Å². The SMILES string of the molecule is CC(C)(C)OC(=O)N[C@@H](CC[C@@H]1O[C@H](COCc2ccccc2)[C@H](OCc2ccccc2)[C@H](OCc2ccccc2)[C@H]1OCc1ccccc1)COC(=O)c1ccc([N+](=O)[O-])cc1. The number of hydrogen-bond donors (Lipinski definition) is 1. The number of nitrogens with one attached hydrogen (secondary N) is 1. The number of carbonyl (C=O) groups is 2. The molecule has 0 bridgehead atoms. The summed E-state index contributed by atoms with van der Waals surface area (Å²) < 4.78 is 45.2. The molecule has 1 heterocycles. The van der Waals surface area contributed by atoms with E-state index in [4.69, 9.17) is 33.2 Å². The number of ether oxygens (including phenoxy) is 7. The summed E-state index contributed by atoms with van der Waals surface area (Å²) in [5.41, 5.74) is 3.08. The number of amides is 1. The van der Waals surface area contributed by atoms with Crippen molar-refractivity contribution in [3.05, 3.63) is 184 Å². The van der Waals surface area contributed by atoms with Crippen LogP contribution in [0.3, 0.4) is 0 Å². The molecule has 1 N–H and O–H groups in total. The second-order valence-electron chi connectivity index (χ2n) is 16.3. The Bertz CT molecular complexity index is 2140. The van der Waals surface area contributed by atoms with E-state index in [-0.39, 0.29) is 50.7 Å². The highest BCUT2D eigenvalue weighted by Gasteiger charge is 2.48. The molecule has 63 heavy (non-hydrogen) atoms. The minimum Gasteiger partial charge on any atom is -0.460 e. The van der Waals surface area contributed by atoms with Crippen LogP contribution in [0.2, 0.25) is 0 Å². The summed E-state index contributed by atoms with van der Waals surface area (Å²) in [5, 5.41) is 14.1. The maximum Gasteiger partial charge on any atom is 0.407 e.